The highest BCUT2D eigenvalue weighted by atomic mass is 16.4. The molecule has 3 aromatic rings. The lowest BCUT2D eigenvalue weighted by Crippen LogP contribution is -2.28. The van der Waals surface area contributed by atoms with Gasteiger partial charge in [0.1, 0.15) is 11.7 Å². The van der Waals surface area contributed by atoms with Crippen molar-refractivity contribution < 1.29 is 19.5 Å². The van der Waals surface area contributed by atoms with Crippen molar-refractivity contribution in [2.75, 3.05) is 5.32 Å². The Morgan fingerprint density at radius 2 is 1.86 bits per heavy atom. The van der Waals surface area contributed by atoms with E-state index in [0.717, 1.165) is 11.8 Å². The molecule has 0 saturated carbocycles. The topological polar surface area (TPSA) is 149 Å². The number of hydrogen-bond donors (Lipinski definition) is 3. The van der Waals surface area contributed by atoms with Crippen molar-refractivity contribution in [2.45, 2.75) is 19.5 Å². The van der Waals surface area contributed by atoms with Crippen LogP contribution in [0.25, 0.3) is 0 Å². The third-order valence-electron chi connectivity index (χ3n) is 4.25. The minimum atomic E-state index is -1.14. The lowest BCUT2D eigenvalue weighted by Gasteiger charge is -2.13. The third-order valence-corrected chi connectivity index (χ3v) is 4.25. The van der Waals surface area contributed by atoms with Crippen LogP contribution in [-0.4, -0.2) is 52.2 Å². The molecule has 12 heteroatoms. The summed E-state index contributed by atoms with van der Waals surface area (Å²) < 4.78 is 4.22. The molecular weight excluding hydrogens is 380 g/mol. The van der Waals surface area contributed by atoms with Crippen LogP contribution < -0.4 is 10.6 Å². The molecule has 0 radical (unpaired) electrons. The standard InChI is InChI=1S/C17H20N8O4/c1-10(25-9-12(6-21-25)17(28)29)15(26)22-13-7-20-24(3)14(13)16(27)18-4-11-5-19-23(2)8-11/h5-10H,4H2,1-3H3,(H,18,27)(H,22,26)(H,28,29). The van der Waals surface area contributed by atoms with Gasteiger partial charge in [0.25, 0.3) is 5.91 Å². The van der Waals surface area contributed by atoms with Gasteiger partial charge in [-0.1, -0.05) is 0 Å². The van der Waals surface area contributed by atoms with Crippen LogP contribution in [0.15, 0.2) is 31.0 Å². The van der Waals surface area contributed by atoms with Crippen LogP contribution in [-0.2, 0) is 25.4 Å². The Labute approximate surface area is 165 Å². The van der Waals surface area contributed by atoms with E-state index in [0.29, 0.717) is 0 Å². The molecule has 1 unspecified atom stereocenters. The lowest BCUT2D eigenvalue weighted by molar-refractivity contribution is -0.119. The largest absolute Gasteiger partial charge is 0.478 e. The van der Waals surface area contributed by atoms with Crippen LogP contribution in [0.1, 0.15) is 39.4 Å². The number of carbonyl (C=O) groups is 3. The molecule has 0 fully saturated rings. The number of aromatic carboxylic acids is 1. The summed E-state index contributed by atoms with van der Waals surface area (Å²) in [5, 5.41) is 26.3. The van der Waals surface area contributed by atoms with Crippen molar-refractivity contribution in [1.82, 2.24) is 34.7 Å². The fourth-order valence-electron chi connectivity index (χ4n) is 2.65. The molecule has 1 atom stereocenters. The van der Waals surface area contributed by atoms with Gasteiger partial charge in [0.05, 0.1) is 29.8 Å². The second kappa shape index (κ2) is 7.96. The number of nitrogens with one attached hydrogen (secondary N) is 2. The Morgan fingerprint density at radius 1 is 1.10 bits per heavy atom. The molecule has 29 heavy (non-hydrogen) atoms. The predicted molar refractivity (Wildman–Crippen MR) is 100 cm³/mol. The monoisotopic (exact) mass is 400 g/mol. The molecule has 3 heterocycles. The Bertz CT molecular complexity index is 1060. The van der Waals surface area contributed by atoms with E-state index in [1.807, 2.05) is 0 Å². The summed E-state index contributed by atoms with van der Waals surface area (Å²) in [6.45, 7) is 1.83. The highest BCUT2D eigenvalue weighted by molar-refractivity contribution is 6.03. The van der Waals surface area contributed by atoms with Gasteiger partial charge in [0.2, 0.25) is 5.91 Å². The molecule has 3 aromatic heterocycles. The molecule has 0 aliphatic heterocycles. The maximum atomic E-state index is 12.6. The zero-order valence-corrected chi connectivity index (χ0v) is 16.0. The zero-order chi connectivity index (χ0) is 21.1. The quantitative estimate of drug-likeness (QED) is 0.512. The molecule has 0 aromatic carbocycles. The fourth-order valence-corrected chi connectivity index (χ4v) is 2.65. The van der Waals surface area contributed by atoms with Gasteiger partial charge in [-0.2, -0.15) is 15.3 Å². The van der Waals surface area contributed by atoms with Gasteiger partial charge < -0.3 is 15.7 Å². The molecule has 12 nitrogen and oxygen atoms in total. The Balaban J connectivity index is 1.70. The number of nitrogens with zero attached hydrogens (tertiary/aromatic N) is 6. The average molecular weight is 400 g/mol. The molecule has 3 N–H and O–H groups in total. The highest BCUT2D eigenvalue weighted by Crippen LogP contribution is 2.17. The normalized spacial score (nSPS) is 11.8. The summed E-state index contributed by atoms with van der Waals surface area (Å²) in [5.41, 5.74) is 1.22. The number of anilines is 1. The van der Waals surface area contributed by atoms with E-state index in [1.165, 1.54) is 21.8 Å². The first-order valence-electron chi connectivity index (χ1n) is 8.62. The summed E-state index contributed by atoms with van der Waals surface area (Å²) in [6, 6.07) is -0.797. The molecule has 0 aliphatic rings. The van der Waals surface area contributed by atoms with E-state index in [-0.39, 0.29) is 23.5 Å². The number of carbonyl (C=O) groups excluding carboxylic acids is 2. The van der Waals surface area contributed by atoms with Crippen molar-refractivity contribution in [3.05, 3.63) is 47.8 Å². The highest BCUT2D eigenvalue weighted by Gasteiger charge is 2.23. The number of hydrogen-bond acceptors (Lipinski definition) is 6. The summed E-state index contributed by atoms with van der Waals surface area (Å²) in [5.74, 6) is -2.02. The molecule has 0 spiro atoms. The minimum absolute atomic E-state index is 0.0264. The van der Waals surface area contributed by atoms with E-state index < -0.39 is 23.8 Å². The van der Waals surface area contributed by atoms with Gasteiger partial charge in [-0.3, -0.25) is 23.6 Å². The van der Waals surface area contributed by atoms with Crippen LogP contribution >= 0.6 is 0 Å². The fraction of sp³-hybridized carbons (Fsp3) is 0.294. The SMILES string of the molecule is CC(C(=O)Nc1cnn(C)c1C(=O)NCc1cnn(C)c1)n1cc(C(=O)O)cn1. The molecular formula is C17H20N8O4. The number of aromatic nitrogens is 6. The van der Waals surface area contributed by atoms with Crippen LogP contribution in [0, 0.1) is 0 Å². The minimum Gasteiger partial charge on any atom is -0.478 e. The molecule has 2 amide bonds. The van der Waals surface area contributed by atoms with E-state index >= 15 is 0 Å². The molecule has 3 rings (SSSR count). The second-order valence-electron chi connectivity index (χ2n) is 6.41. The van der Waals surface area contributed by atoms with Gasteiger partial charge in [-0.05, 0) is 6.92 Å². The number of aryl methyl sites for hydroxylation is 2. The number of carboxylic acid groups (broad SMARTS) is 1. The maximum Gasteiger partial charge on any atom is 0.338 e. The van der Waals surface area contributed by atoms with Crippen molar-refractivity contribution in [3.8, 4) is 0 Å². The molecule has 0 aliphatic carbocycles. The summed E-state index contributed by atoms with van der Waals surface area (Å²) in [7, 11) is 3.37. The van der Waals surface area contributed by atoms with Crippen LogP contribution in [0.3, 0.4) is 0 Å². The number of carboxylic acids is 1. The third kappa shape index (κ3) is 4.31. The molecule has 152 valence electrons. The zero-order valence-electron chi connectivity index (χ0n) is 16.0. The van der Waals surface area contributed by atoms with Crippen LogP contribution in [0.5, 0.6) is 0 Å². The Morgan fingerprint density at radius 3 is 2.48 bits per heavy atom. The Hall–Kier alpha value is -3.96. The van der Waals surface area contributed by atoms with Crippen molar-refractivity contribution in [3.63, 3.8) is 0 Å². The Kier molecular flexibility index (Phi) is 5.43. The summed E-state index contributed by atoms with van der Waals surface area (Å²) >= 11 is 0. The van der Waals surface area contributed by atoms with Gasteiger partial charge in [0, 0.05) is 38.6 Å². The lowest BCUT2D eigenvalue weighted by atomic mass is 10.2. The predicted octanol–water partition coefficient (Wildman–Crippen LogP) is 0.178. The van der Waals surface area contributed by atoms with Gasteiger partial charge in [0.15, 0.2) is 0 Å². The smallest absolute Gasteiger partial charge is 0.338 e. The van der Waals surface area contributed by atoms with Crippen LogP contribution in [0.4, 0.5) is 5.69 Å². The first-order valence-corrected chi connectivity index (χ1v) is 8.62. The van der Waals surface area contributed by atoms with Gasteiger partial charge in [-0.15, -0.1) is 0 Å². The summed E-state index contributed by atoms with van der Waals surface area (Å²) in [6.07, 6.45) is 7.22. The summed E-state index contributed by atoms with van der Waals surface area (Å²) in [4.78, 5) is 36.1. The first-order chi connectivity index (χ1) is 13.8. The van der Waals surface area contributed by atoms with Crippen molar-refractivity contribution in [1.29, 1.82) is 0 Å². The number of amides is 2. The van der Waals surface area contributed by atoms with Crippen molar-refractivity contribution in [2.24, 2.45) is 14.1 Å². The number of rotatable bonds is 7. The van der Waals surface area contributed by atoms with Gasteiger partial charge in [-0.25, -0.2) is 4.79 Å². The van der Waals surface area contributed by atoms with E-state index in [9.17, 15) is 14.4 Å². The van der Waals surface area contributed by atoms with Gasteiger partial charge >= 0.3 is 5.97 Å². The van der Waals surface area contributed by atoms with E-state index in [1.54, 1.807) is 38.1 Å². The molecule has 0 saturated heterocycles. The first kappa shape index (κ1) is 19.8. The second-order valence-corrected chi connectivity index (χ2v) is 6.41. The molecule has 0 bridgehead atoms. The van der Waals surface area contributed by atoms with E-state index in [2.05, 4.69) is 25.9 Å². The van der Waals surface area contributed by atoms with Crippen LogP contribution in [0.2, 0.25) is 0 Å². The maximum absolute atomic E-state index is 12.6. The average Bonchev–Trinajstić information content (AvgIpc) is 3.39. The van der Waals surface area contributed by atoms with Crippen molar-refractivity contribution >= 4 is 23.5 Å². The van der Waals surface area contributed by atoms with E-state index in [4.69, 9.17) is 5.11 Å².